The summed E-state index contributed by atoms with van der Waals surface area (Å²) in [6.45, 7) is 3.88. The van der Waals surface area contributed by atoms with Crippen molar-refractivity contribution in [3.05, 3.63) is 47.9 Å². The molecule has 1 fully saturated rings. The topological polar surface area (TPSA) is 64.8 Å². The second kappa shape index (κ2) is 5.80. The van der Waals surface area contributed by atoms with Crippen molar-refractivity contribution < 1.29 is 0 Å². The number of aromatic nitrogens is 2. The summed E-state index contributed by atoms with van der Waals surface area (Å²) in [6, 6.07) is 10.5. The zero-order chi connectivity index (χ0) is 14.7. The standard InChI is InChI=1S/C16H17N5/c1-12-2-3-13(9-17)15(8-12)21-7-5-14(10-21)20-16-4-6-18-11-19-16/h2-4,6,8,11,14H,5,7,10H2,1H3,(H,18,19,20). The summed E-state index contributed by atoms with van der Waals surface area (Å²) < 4.78 is 0. The van der Waals surface area contributed by atoms with Gasteiger partial charge < -0.3 is 10.2 Å². The molecule has 0 radical (unpaired) electrons. The molecule has 0 spiro atoms. The first-order valence-electron chi connectivity index (χ1n) is 7.04. The molecule has 1 aliphatic rings. The highest BCUT2D eigenvalue weighted by Crippen LogP contribution is 2.26. The number of nitriles is 1. The van der Waals surface area contributed by atoms with Crippen molar-refractivity contribution in [1.82, 2.24) is 9.97 Å². The van der Waals surface area contributed by atoms with Gasteiger partial charge in [-0.05, 0) is 37.1 Å². The normalized spacial score (nSPS) is 17.5. The van der Waals surface area contributed by atoms with Gasteiger partial charge in [0, 0.05) is 25.3 Å². The van der Waals surface area contributed by atoms with Gasteiger partial charge in [0.05, 0.1) is 11.3 Å². The molecule has 2 heterocycles. The number of nitrogens with zero attached hydrogens (tertiary/aromatic N) is 4. The Balaban J connectivity index is 1.73. The highest BCUT2D eigenvalue weighted by molar-refractivity contribution is 5.61. The van der Waals surface area contributed by atoms with Crippen LogP contribution in [0.5, 0.6) is 0 Å². The van der Waals surface area contributed by atoms with Gasteiger partial charge in [-0.15, -0.1) is 0 Å². The fourth-order valence-corrected chi connectivity index (χ4v) is 2.68. The molecule has 1 atom stereocenters. The van der Waals surface area contributed by atoms with E-state index in [-0.39, 0.29) is 0 Å². The lowest BCUT2D eigenvalue weighted by Gasteiger charge is -2.21. The first-order chi connectivity index (χ1) is 10.3. The summed E-state index contributed by atoms with van der Waals surface area (Å²) in [5.74, 6) is 0.849. The molecule has 0 saturated carbocycles. The highest BCUT2D eigenvalue weighted by atomic mass is 15.2. The first kappa shape index (κ1) is 13.4. The van der Waals surface area contributed by atoms with Crippen molar-refractivity contribution >= 4 is 11.5 Å². The van der Waals surface area contributed by atoms with Crippen LogP contribution in [0, 0.1) is 18.3 Å². The molecule has 106 valence electrons. The van der Waals surface area contributed by atoms with Crippen LogP contribution in [0.1, 0.15) is 17.5 Å². The Labute approximate surface area is 124 Å². The van der Waals surface area contributed by atoms with E-state index in [1.165, 1.54) is 5.56 Å². The lowest BCUT2D eigenvalue weighted by molar-refractivity contribution is 0.799. The predicted molar refractivity (Wildman–Crippen MR) is 82.2 cm³/mol. The van der Waals surface area contributed by atoms with Crippen LogP contribution in [0.25, 0.3) is 0 Å². The highest BCUT2D eigenvalue weighted by Gasteiger charge is 2.24. The molecule has 0 bridgehead atoms. The van der Waals surface area contributed by atoms with Crippen molar-refractivity contribution in [3.8, 4) is 6.07 Å². The van der Waals surface area contributed by atoms with Crippen LogP contribution in [0.3, 0.4) is 0 Å². The summed E-state index contributed by atoms with van der Waals surface area (Å²) in [6.07, 6.45) is 4.31. The average molecular weight is 279 g/mol. The minimum Gasteiger partial charge on any atom is -0.368 e. The molecule has 1 aromatic heterocycles. The molecule has 1 aromatic carbocycles. The van der Waals surface area contributed by atoms with Gasteiger partial charge in [0.25, 0.3) is 0 Å². The number of rotatable bonds is 3. The van der Waals surface area contributed by atoms with Gasteiger partial charge in [-0.25, -0.2) is 9.97 Å². The molecule has 2 aromatic rings. The van der Waals surface area contributed by atoms with Gasteiger partial charge >= 0.3 is 0 Å². The lowest BCUT2D eigenvalue weighted by atomic mass is 10.1. The number of hydrogen-bond acceptors (Lipinski definition) is 5. The smallest absolute Gasteiger partial charge is 0.129 e. The van der Waals surface area contributed by atoms with Crippen molar-refractivity contribution in [2.24, 2.45) is 0 Å². The van der Waals surface area contributed by atoms with Crippen molar-refractivity contribution in [1.29, 1.82) is 5.26 Å². The van der Waals surface area contributed by atoms with Gasteiger partial charge in [0.2, 0.25) is 0 Å². The Morgan fingerprint density at radius 2 is 2.29 bits per heavy atom. The number of aryl methyl sites for hydroxylation is 1. The molecule has 1 N–H and O–H groups in total. The Kier molecular flexibility index (Phi) is 3.69. The van der Waals surface area contributed by atoms with Crippen molar-refractivity contribution in [2.75, 3.05) is 23.3 Å². The minimum atomic E-state index is 0.340. The number of nitrogens with one attached hydrogen (secondary N) is 1. The van der Waals surface area contributed by atoms with E-state index in [9.17, 15) is 5.26 Å². The number of anilines is 2. The molecule has 5 nitrogen and oxygen atoms in total. The second-order valence-corrected chi connectivity index (χ2v) is 5.30. The van der Waals surface area contributed by atoms with Gasteiger partial charge in [-0.3, -0.25) is 0 Å². The molecular weight excluding hydrogens is 262 g/mol. The summed E-state index contributed by atoms with van der Waals surface area (Å²) in [5.41, 5.74) is 2.95. The molecule has 3 rings (SSSR count). The predicted octanol–water partition coefficient (Wildman–Crippen LogP) is 2.35. The lowest BCUT2D eigenvalue weighted by Crippen LogP contribution is -2.26. The van der Waals surface area contributed by atoms with E-state index < -0.39 is 0 Å². The summed E-state index contributed by atoms with van der Waals surface area (Å²) in [5, 5.41) is 12.7. The summed E-state index contributed by atoms with van der Waals surface area (Å²) in [7, 11) is 0. The molecule has 21 heavy (non-hydrogen) atoms. The Morgan fingerprint density at radius 1 is 1.38 bits per heavy atom. The maximum atomic E-state index is 9.26. The van der Waals surface area contributed by atoms with E-state index in [0.29, 0.717) is 6.04 Å². The Morgan fingerprint density at radius 3 is 3.05 bits per heavy atom. The minimum absolute atomic E-state index is 0.340. The summed E-state index contributed by atoms with van der Waals surface area (Å²) >= 11 is 0. The maximum absolute atomic E-state index is 9.26. The van der Waals surface area contributed by atoms with E-state index >= 15 is 0 Å². The van der Waals surface area contributed by atoms with Crippen LogP contribution in [-0.2, 0) is 0 Å². The third kappa shape index (κ3) is 2.95. The van der Waals surface area contributed by atoms with Crippen LogP contribution in [-0.4, -0.2) is 29.1 Å². The van der Waals surface area contributed by atoms with E-state index in [1.807, 2.05) is 18.2 Å². The molecule has 5 heteroatoms. The molecule has 1 aliphatic heterocycles. The van der Waals surface area contributed by atoms with Crippen LogP contribution in [0.15, 0.2) is 36.8 Å². The van der Waals surface area contributed by atoms with Crippen molar-refractivity contribution in [3.63, 3.8) is 0 Å². The Bertz CT molecular complexity index is 662. The van der Waals surface area contributed by atoms with E-state index in [4.69, 9.17) is 0 Å². The molecular formula is C16H17N5. The monoisotopic (exact) mass is 279 g/mol. The fourth-order valence-electron chi connectivity index (χ4n) is 2.68. The number of hydrogen-bond donors (Lipinski definition) is 1. The van der Waals surface area contributed by atoms with Crippen LogP contribution in [0.2, 0.25) is 0 Å². The van der Waals surface area contributed by atoms with Gasteiger partial charge in [-0.1, -0.05) is 6.07 Å². The van der Waals surface area contributed by atoms with Gasteiger partial charge in [0.15, 0.2) is 0 Å². The van der Waals surface area contributed by atoms with Gasteiger partial charge in [-0.2, -0.15) is 5.26 Å². The second-order valence-electron chi connectivity index (χ2n) is 5.30. The van der Waals surface area contributed by atoms with E-state index in [0.717, 1.165) is 36.6 Å². The Hall–Kier alpha value is -2.61. The molecule has 1 saturated heterocycles. The molecule has 0 amide bonds. The quantitative estimate of drug-likeness (QED) is 0.934. The van der Waals surface area contributed by atoms with E-state index in [2.05, 4.69) is 39.2 Å². The first-order valence-corrected chi connectivity index (χ1v) is 7.04. The number of benzene rings is 1. The summed E-state index contributed by atoms with van der Waals surface area (Å²) in [4.78, 5) is 10.4. The maximum Gasteiger partial charge on any atom is 0.129 e. The third-order valence-corrected chi connectivity index (χ3v) is 3.74. The SMILES string of the molecule is Cc1ccc(C#N)c(N2CCC(Nc3ccncn3)C2)c1. The average Bonchev–Trinajstić information content (AvgIpc) is 2.96. The van der Waals surface area contributed by atoms with Crippen LogP contribution >= 0.6 is 0 Å². The van der Waals surface area contributed by atoms with Crippen LogP contribution in [0.4, 0.5) is 11.5 Å². The zero-order valence-corrected chi connectivity index (χ0v) is 12.0. The van der Waals surface area contributed by atoms with Crippen molar-refractivity contribution in [2.45, 2.75) is 19.4 Å². The fraction of sp³-hybridized carbons (Fsp3) is 0.312. The largest absolute Gasteiger partial charge is 0.368 e. The van der Waals surface area contributed by atoms with Gasteiger partial charge in [0.1, 0.15) is 18.2 Å². The zero-order valence-electron chi connectivity index (χ0n) is 12.0. The molecule has 0 aliphatic carbocycles. The third-order valence-electron chi connectivity index (χ3n) is 3.74. The molecule has 1 unspecified atom stereocenters. The van der Waals surface area contributed by atoms with E-state index in [1.54, 1.807) is 12.5 Å². The van der Waals surface area contributed by atoms with Crippen LogP contribution < -0.4 is 10.2 Å².